The molecule has 148 valence electrons. The summed E-state index contributed by atoms with van der Waals surface area (Å²) in [6.07, 6.45) is 1.77. The first-order valence-electron chi connectivity index (χ1n) is 9.13. The number of ether oxygens (including phenoxy) is 3. The Labute approximate surface area is 173 Å². The molecular formula is C23H18N4O3. The first kappa shape index (κ1) is 19.0. The minimum atomic E-state index is -0.697. The van der Waals surface area contributed by atoms with Crippen molar-refractivity contribution in [1.82, 2.24) is 4.98 Å². The summed E-state index contributed by atoms with van der Waals surface area (Å²) >= 11 is 0. The lowest BCUT2D eigenvalue weighted by atomic mass is 9.82. The molecule has 3 aromatic rings. The maximum atomic E-state index is 10.1. The van der Waals surface area contributed by atoms with Gasteiger partial charge in [0, 0.05) is 22.7 Å². The van der Waals surface area contributed by atoms with Gasteiger partial charge in [-0.1, -0.05) is 24.3 Å². The van der Waals surface area contributed by atoms with Crippen LogP contribution in [0.4, 0.5) is 0 Å². The summed E-state index contributed by atoms with van der Waals surface area (Å²) in [4.78, 5) is 3.18. The first-order valence-corrected chi connectivity index (χ1v) is 9.13. The number of rotatable bonds is 4. The molecule has 0 saturated carbocycles. The molecule has 0 saturated heterocycles. The van der Waals surface area contributed by atoms with E-state index in [1.807, 2.05) is 24.3 Å². The lowest BCUT2D eigenvalue weighted by Crippen LogP contribution is -2.20. The number of H-pyrrole nitrogens is 1. The zero-order valence-electron chi connectivity index (χ0n) is 16.4. The van der Waals surface area contributed by atoms with Gasteiger partial charge in [-0.15, -0.1) is 0 Å². The van der Waals surface area contributed by atoms with E-state index in [-0.39, 0.29) is 17.0 Å². The van der Waals surface area contributed by atoms with E-state index in [1.54, 1.807) is 31.5 Å². The number of benzene rings is 2. The van der Waals surface area contributed by atoms with Crippen LogP contribution in [0.3, 0.4) is 0 Å². The van der Waals surface area contributed by atoms with Crippen LogP contribution in [0.5, 0.6) is 11.5 Å². The number of hydrogen-bond acceptors (Lipinski definition) is 6. The summed E-state index contributed by atoms with van der Waals surface area (Å²) < 4.78 is 16.5. The van der Waals surface area contributed by atoms with E-state index in [0.717, 1.165) is 10.9 Å². The number of nitrogens with zero attached hydrogens (tertiary/aromatic N) is 2. The number of fused-ring (bicyclic) bond motifs is 1. The van der Waals surface area contributed by atoms with Crippen LogP contribution in [-0.2, 0) is 4.74 Å². The number of aromatic nitrogens is 1. The molecule has 1 atom stereocenters. The van der Waals surface area contributed by atoms with Gasteiger partial charge in [0.2, 0.25) is 5.88 Å². The molecule has 7 heteroatoms. The minimum Gasteiger partial charge on any atom is -0.493 e. The predicted octanol–water partition coefficient (Wildman–Crippen LogP) is 3.93. The molecule has 1 aliphatic rings. The quantitative estimate of drug-likeness (QED) is 0.688. The fourth-order valence-electron chi connectivity index (χ4n) is 3.70. The number of aromatic amines is 1. The highest BCUT2D eigenvalue weighted by atomic mass is 16.5. The van der Waals surface area contributed by atoms with Crippen molar-refractivity contribution in [3.8, 4) is 23.6 Å². The van der Waals surface area contributed by atoms with E-state index < -0.39 is 5.92 Å². The van der Waals surface area contributed by atoms with Gasteiger partial charge in [0.05, 0.1) is 31.8 Å². The Hall–Kier alpha value is -4.36. The minimum absolute atomic E-state index is 0.0310. The Morgan fingerprint density at radius 1 is 1.00 bits per heavy atom. The van der Waals surface area contributed by atoms with E-state index in [1.165, 1.54) is 7.11 Å². The third-order valence-electron chi connectivity index (χ3n) is 5.12. The van der Waals surface area contributed by atoms with Crippen LogP contribution in [0.25, 0.3) is 16.7 Å². The van der Waals surface area contributed by atoms with E-state index >= 15 is 0 Å². The zero-order chi connectivity index (χ0) is 21.3. The number of para-hydroxylation sites is 1. The van der Waals surface area contributed by atoms with Gasteiger partial charge in [0.25, 0.3) is 0 Å². The molecule has 4 rings (SSSR count). The maximum Gasteiger partial charge on any atom is 0.205 e. The van der Waals surface area contributed by atoms with Gasteiger partial charge in [-0.05, 0) is 23.8 Å². The highest BCUT2D eigenvalue weighted by Crippen LogP contribution is 2.44. The fraction of sp³-hybridized carbons (Fsp3) is 0.130. The van der Waals surface area contributed by atoms with Crippen molar-refractivity contribution in [3.63, 3.8) is 0 Å². The Morgan fingerprint density at radius 2 is 1.73 bits per heavy atom. The topological polar surface area (TPSA) is 117 Å². The normalized spacial score (nSPS) is 16.1. The standard InChI is InChI=1S/C23H18N4O3/c1-28-19-8-7-13(9-20(19)29-2)21-15(10-24)22(30-23(26)16(21)11-25)17-12-27-18-6-4-3-5-14(17)18/h3-9,12,21,27H,26H2,1-2H3. The third kappa shape index (κ3) is 2.90. The molecule has 2 aromatic carbocycles. The molecule has 0 spiro atoms. The lowest BCUT2D eigenvalue weighted by molar-refractivity contribution is 0.352. The van der Waals surface area contributed by atoms with Gasteiger partial charge in [0.15, 0.2) is 17.3 Å². The number of hydrogen-bond donors (Lipinski definition) is 2. The number of nitriles is 2. The van der Waals surface area contributed by atoms with Gasteiger partial charge in [-0.3, -0.25) is 0 Å². The molecule has 0 fully saturated rings. The summed E-state index contributed by atoms with van der Waals surface area (Å²) in [6.45, 7) is 0. The Kier molecular flexibility index (Phi) is 4.79. The van der Waals surface area contributed by atoms with Crippen LogP contribution in [0.2, 0.25) is 0 Å². The molecule has 7 nitrogen and oxygen atoms in total. The average molecular weight is 398 g/mol. The zero-order valence-corrected chi connectivity index (χ0v) is 16.4. The van der Waals surface area contributed by atoms with Crippen molar-refractivity contribution in [2.45, 2.75) is 5.92 Å². The summed E-state index contributed by atoms with van der Waals surface area (Å²) in [5.41, 5.74) is 8.86. The molecule has 1 unspecified atom stereocenters. The predicted molar refractivity (Wildman–Crippen MR) is 111 cm³/mol. The number of nitrogens with two attached hydrogens (primary N) is 1. The molecule has 2 heterocycles. The van der Waals surface area contributed by atoms with Crippen LogP contribution < -0.4 is 15.2 Å². The average Bonchev–Trinajstić information content (AvgIpc) is 3.21. The Balaban J connectivity index is 1.96. The van der Waals surface area contributed by atoms with Crippen molar-refractivity contribution in [1.29, 1.82) is 10.5 Å². The van der Waals surface area contributed by atoms with Gasteiger partial charge in [-0.2, -0.15) is 10.5 Å². The molecule has 0 aliphatic carbocycles. The molecule has 0 amide bonds. The molecular weight excluding hydrogens is 380 g/mol. The SMILES string of the molecule is COc1ccc(C2C(C#N)=C(N)OC(c3c[nH]c4ccccc34)=C2C#N)cc1OC. The van der Waals surface area contributed by atoms with Gasteiger partial charge in [-0.25, -0.2) is 0 Å². The van der Waals surface area contributed by atoms with Crippen LogP contribution in [0.1, 0.15) is 17.0 Å². The van der Waals surface area contributed by atoms with E-state index in [4.69, 9.17) is 19.9 Å². The number of methoxy groups -OCH3 is 2. The van der Waals surface area contributed by atoms with Crippen LogP contribution in [-0.4, -0.2) is 19.2 Å². The molecule has 1 aliphatic heterocycles. The smallest absolute Gasteiger partial charge is 0.205 e. The van der Waals surface area contributed by atoms with Crippen LogP contribution in [0.15, 0.2) is 65.7 Å². The van der Waals surface area contributed by atoms with E-state index in [0.29, 0.717) is 28.4 Å². The van der Waals surface area contributed by atoms with Crippen molar-refractivity contribution in [2.75, 3.05) is 14.2 Å². The fourth-order valence-corrected chi connectivity index (χ4v) is 3.70. The molecule has 30 heavy (non-hydrogen) atoms. The van der Waals surface area contributed by atoms with Gasteiger partial charge in [0.1, 0.15) is 11.6 Å². The second-order valence-electron chi connectivity index (χ2n) is 6.64. The third-order valence-corrected chi connectivity index (χ3v) is 5.12. The Bertz CT molecular complexity index is 1290. The maximum absolute atomic E-state index is 10.1. The van der Waals surface area contributed by atoms with Gasteiger partial charge < -0.3 is 24.9 Å². The highest BCUT2D eigenvalue weighted by molar-refractivity contribution is 5.93. The summed E-state index contributed by atoms with van der Waals surface area (Å²) in [6, 6.07) is 17.3. The van der Waals surface area contributed by atoms with Crippen molar-refractivity contribution >= 4 is 16.7 Å². The monoisotopic (exact) mass is 398 g/mol. The van der Waals surface area contributed by atoms with Crippen LogP contribution in [0, 0.1) is 22.7 Å². The van der Waals surface area contributed by atoms with Crippen LogP contribution >= 0.6 is 0 Å². The lowest BCUT2D eigenvalue weighted by Gasteiger charge is -2.26. The summed E-state index contributed by atoms with van der Waals surface area (Å²) in [7, 11) is 3.07. The van der Waals surface area contributed by atoms with E-state index in [2.05, 4.69) is 17.1 Å². The molecule has 0 radical (unpaired) electrons. The second kappa shape index (κ2) is 7.57. The van der Waals surface area contributed by atoms with Crippen molar-refractivity contribution in [2.24, 2.45) is 5.73 Å². The number of nitrogens with one attached hydrogen (secondary N) is 1. The molecule has 3 N–H and O–H groups in total. The number of allylic oxidation sites excluding steroid dienone is 2. The van der Waals surface area contributed by atoms with Gasteiger partial charge >= 0.3 is 0 Å². The van der Waals surface area contributed by atoms with Crippen molar-refractivity contribution < 1.29 is 14.2 Å². The Morgan fingerprint density at radius 3 is 2.43 bits per heavy atom. The van der Waals surface area contributed by atoms with Crippen molar-refractivity contribution in [3.05, 3.63) is 76.8 Å². The first-order chi connectivity index (χ1) is 14.6. The molecule has 0 bridgehead atoms. The summed E-state index contributed by atoms with van der Waals surface area (Å²) in [5, 5.41) is 20.7. The second-order valence-corrected chi connectivity index (χ2v) is 6.64. The summed E-state index contributed by atoms with van der Waals surface area (Å²) in [5.74, 6) is 0.631. The molecule has 1 aromatic heterocycles. The largest absolute Gasteiger partial charge is 0.493 e. The van der Waals surface area contributed by atoms with E-state index in [9.17, 15) is 10.5 Å². The highest BCUT2D eigenvalue weighted by Gasteiger charge is 2.35.